The van der Waals surface area contributed by atoms with E-state index in [4.69, 9.17) is 23.2 Å². The monoisotopic (exact) mass is 318 g/mol. The number of aryl methyl sites for hydroxylation is 2. The summed E-state index contributed by atoms with van der Waals surface area (Å²) in [5.41, 5.74) is 2.20. The van der Waals surface area contributed by atoms with Crippen molar-refractivity contribution < 1.29 is 0 Å². The highest BCUT2D eigenvalue weighted by Gasteiger charge is 2.13. The Hall–Kier alpha value is -1.84. The molecule has 106 valence electrons. The highest BCUT2D eigenvalue weighted by Crippen LogP contribution is 2.25. The van der Waals surface area contributed by atoms with Crippen LogP contribution < -0.4 is 5.56 Å². The number of halogens is 2. The summed E-state index contributed by atoms with van der Waals surface area (Å²) >= 11 is 12.1. The minimum atomic E-state index is -0.175. The van der Waals surface area contributed by atoms with Gasteiger partial charge in [0.15, 0.2) is 0 Å². The van der Waals surface area contributed by atoms with Crippen molar-refractivity contribution in [2.24, 2.45) is 0 Å². The zero-order valence-corrected chi connectivity index (χ0v) is 13.0. The second-order valence-corrected chi connectivity index (χ2v) is 5.76. The Kier molecular flexibility index (Phi) is 3.47. The first-order valence-electron chi connectivity index (χ1n) is 6.43. The van der Waals surface area contributed by atoms with Crippen molar-refractivity contribution in [3.8, 4) is 5.69 Å². The van der Waals surface area contributed by atoms with E-state index in [-0.39, 0.29) is 5.56 Å². The smallest absolute Gasteiger partial charge is 0.266 e. The molecule has 0 fully saturated rings. The summed E-state index contributed by atoms with van der Waals surface area (Å²) in [5.74, 6) is 0.584. The molecule has 0 aliphatic rings. The van der Waals surface area contributed by atoms with Gasteiger partial charge in [0.05, 0.1) is 21.6 Å². The summed E-state index contributed by atoms with van der Waals surface area (Å²) in [5, 5.41) is 1.22. The first-order valence-corrected chi connectivity index (χ1v) is 7.18. The average molecular weight is 319 g/mol. The van der Waals surface area contributed by atoms with Crippen LogP contribution in [0.3, 0.4) is 0 Å². The van der Waals surface area contributed by atoms with E-state index in [0.717, 1.165) is 11.3 Å². The summed E-state index contributed by atoms with van der Waals surface area (Å²) < 4.78 is 1.56. The molecular weight excluding hydrogens is 307 g/mol. The van der Waals surface area contributed by atoms with Gasteiger partial charge >= 0.3 is 0 Å². The Morgan fingerprint density at radius 2 is 1.71 bits per heavy atom. The first kappa shape index (κ1) is 14.1. The van der Waals surface area contributed by atoms with Gasteiger partial charge in [0.1, 0.15) is 5.82 Å². The third-order valence-electron chi connectivity index (χ3n) is 3.35. The second kappa shape index (κ2) is 5.17. The molecule has 1 aromatic heterocycles. The molecule has 0 unspecified atom stereocenters. The zero-order chi connectivity index (χ0) is 15.1. The second-order valence-electron chi connectivity index (χ2n) is 4.92. The van der Waals surface area contributed by atoms with Gasteiger partial charge in [0, 0.05) is 5.02 Å². The van der Waals surface area contributed by atoms with Gasteiger partial charge in [-0.05, 0) is 38.1 Å². The lowest BCUT2D eigenvalue weighted by atomic mass is 10.2. The maximum atomic E-state index is 12.7. The third kappa shape index (κ3) is 2.43. The highest BCUT2D eigenvalue weighted by atomic mass is 35.5. The number of fused-ring (bicyclic) bond motifs is 1. The van der Waals surface area contributed by atoms with Gasteiger partial charge in [0.25, 0.3) is 5.56 Å². The molecule has 21 heavy (non-hydrogen) atoms. The predicted octanol–water partition coefficient (Wildman–Crippen LogP) is 4.31. The minimum Gasteiger partial charge on any atom is -0.268 e. The molecular formula is C16H12Cl2N2O. The van der Waals surface area contributed by atoms with E-state index in [1.54, 1.807) is 23.6 Å². The fraction of sp³-hybridized carbons (Fsp3) is 0.125. The lowest BCUT2D eigenvalue weighted by Crippen LogP contribution is -2.22. The number of hydrogen-bond acceptors (Lipinski definition) is 2. The lowest BCUT2D eigenvalue weighted by Gasteiger charge is -2.12. The largest absolute Gasteiger partial charge is 0.268 e. The third-order valence-corrected chi connectivity index (χ3v) is 3.86. The Morgan fingerprint density at radius 1 is 1.05 bits per heavy atom. The topological polar surface area (TPSA) is 34.9 Å². The Bertz CT molecular complexity index is 899. The molecule has 3 nitrogen and oxygen atoms in total. The van der Waals surface area contributed by atoms with E-state index in [2.05, 4.69) is 4.98 Å². The van der Waals surface area contributed by atoms with E-state index in [9.17, 15) is 4.79 Å². The van der Waals surface area contributed by atoms with E-state index < -0.39 is 0 Å². The van der Waals surface area contributed by atoms with Gasteiger partial charge in [-0.2, -0.15) is 0 Å². The number of nitrogens with zero attached hydrogens (tertiary/aromatic N) is 2. The van der Waals surface area contributed by atoms with Gasteiger partial charge in [-0.25, -0.2) is 4.98 Å². The summed E-state index contributed by atoms with van der Waals surface area (Å²) in [7, 11) is 0. The summed E-state index contributed by atoms with van der Waals surface area (Å²) in [6, 6.07) is 10.9. The van der Waals surface area contributed by atoms with Crippen LogP contribution >= 0.6 is 23.2 Å². The zero-order valence-electron chi connectivity index (χ0n) is 11.5. The fourth-order valence-electron chi connectivity index (χ4n) is 2.32. The Morgan fingerprint density at radius 3 is 2.38 bits per heavy atom. The van der Waals surface area contributed by atoms with E-state index in [1.807, 2.05) is 31.2 Å². The van der Waals surface area contributed by atoms with Crippen LogP contribution in [0.25, 0.3) is 16.6 Å². The molecule has 0 bridgehead atoms. The van der Waals surface area contributed by atoms with Crippen LogP contribution in [0, 0.1) is 13.8 Å². The summed E-state index contributed by atoms with van der Waals surface area (Å²) in [6.45, 7) is 3.78. The normalized spacial score (nSPS) is 11.0. The Balaban J connectivity index is 2.39. The molecule has 0 saturated heterocycles. The van der Waals surface area contributed by atoms with Crippen LogP contribution in [0.2, 0.25) is 10.0 Å². The maximum absolute atomic E-state index is 12.7. The van der Waals surface area contributed by atoms with Crippen LogP contribution in [-0.4, -0.2) is 9.55 Å². The average Bonchev–Trinajstić information content (AvgIpc) is 2.42. The van der Waals surface area contributed by atoms with Gasteiger partial charge in [-0.1, -0.05) is 40.9 Å². The molecule has 0 spiro atoms. The number of rotatable bonds is 1. The van der Waals surface area contributed by atoms with E-state index in [1.165, 1.54) is 0 Å². The molecule has 5 heteroatoms. The molecule has 0 radical (unpaired) electrons. The van der Waals surface area contributed by atoms with Gasteiger partial charge in [-0.15, -0.1) is 0 Å². The molecule has 0 amide bonds. The van der Waals surface area contributed by atoms with Crippen molar-refractivity contribution in [2.75, 3.05) is 0 Å². The Labute approximate surface area is 131 Å². The predicted molar refractivity (Wildman–Crippen MR) is 86.8 cm³/mol. The summed E-state index contributed by atoms with van der Waals surface area (Å²) in [6.07, 6.45) is 0. The molecule has 0 saturated carbocycles. The standard InChI is InChI=1S/C16H12Cl2N2O/c1-9-3-5-12(6-4-9)20-10(2)19-15-13(16(20)21)7-11(17)8-14(15)18/h3-8H,1-2H3. The number of aromatic nitrogens is 2. The molecule has 0 atom stereocenters. The van der Waals surface area contributed by atoms with Crippen LogP contribution in [0.1, 0.15) is 11.4 Å². The first-order chi connectivity index (χ1) is 9.97. The van der Waals surface area contributed by atoms with Crippen molar-refractivity contribution in [3.05, 3.63) is 68.2 Å². The minimum absolute atomic E-state index is 0.175. The fourth-order valence-corrected chi connectivity index (χ4v) is 2.86. The maximum Gasteiger partial charge on any atom is 0.266 e. The molecule has 0 aliphatic heterocycles. The molecule has 0 N–H and O–H groups in total. The molecule has 1 heterocycles. The van der Waals surface area contributed by atoms with Crippen molar-refractivity contribution >= 4 is 34.1 Å². The number of hydrogen-bond donors (Lipinski definition) is 0. The SMILES string of the molecule is Cc1ccc(-n2c(C)nc3c(Cl)cc(Cl)cc3c2=O)cc1. The lowest BCUT2D eigenvalue weighted by molar-refractivity contribution is 0.894. The quantitative estimate of drug-likeness (QED) is 0.670. The van der Waals surface area contributed by atoms with Crippen LogP contribution in [0.5, 0.6) is 0 Å². The van der Waals surface area contributed by atoms with Gasteiger partial charge in [-0.3, -0.25) is 9.36 Å². The van der Waals surface area contributed by atoms with Crippen molar-refractivity contribution in [2.45, 2.75) is 13.8 Å². The van der Waals surface area contributed by atoms with E-state index >= 15 is 0 Å². The van der Waals surface area contributed by atoms with Crippen LogP contribution in [-0.2, 0) is 0 Å². The molecule has 3 aromatic rings. The van der Waals surface area contributed by atoms with Crippen molar-refractivity contribution in [3.63, 3.8) is 0 Å². The molecule has 0 aliphatic carbocycles. The highest BCUT2D eigenvalue weighted by molar-refractivity contribution is 6.38. The summed E-state index contributed by atoms with van der Waals surface area (Å²) in [4.78, 5) is 17.2. The number of benzene rings is 2. The van der Waals surface area contributed by atoms with Crippen LogP contribution in [0.4, 0.5) is 0 Å². The molecule has 3 rings (SSSR count). The van der Waals surface area contributed by atoms with Crippen molar-refractivity contribution in [1.82, 2.24) is 9.55 Å². The van der Waals surface area contributed by atoms with Crippen LogP contribution in [0.15, 0.2) is 41.2 Å². The van der Waals surface area contributed by atoms with Gasteiger partial charge in [0.2, 0.25) is 0 Å². The van der Waals surface area contributed by atoms with E-state index in [0.29, 0.717) is 26.8 Å². The molecule has 2 aromatic carbocycles. The van der Waals surface area contributed by atoms with Crippen molar-refractivity contribution in [1.29, 1.82) is 0 Å². The van der Waals surface area contributed by atoms with Gasteiger partial charge < -0.3 is 0 Å².